The van der Waals surface area contributed by atoms with Gasteiger partial charge >= 0.3 is 0 Å². The molecule has 1 aliphatic rings. The van der Waals surface area contributed by atoms with Crippen LogP contribution in [0.1, 0.15) is 22.2 Å². The van der Waals surface area contributed by atoms with E-state index in [4.69, 9.17) is 0 Å². The second-order valence-corrected chi connectivity index (χ2v) is 8.58. The number of hydrogen-bond acceptors (Lipinski definition) is 5. The first-order valence-electron chi connectivity index (χ1n) is 8.34. The van der Waals surface area contributed by atoms with Gasteiger partial charge in [-0.1, -0.05) is 6.07 Å². The topological polar surface area (TPSA) is 87.5 Å². The Labute approximate surface area is 165 Å². The molecule has 3 rings (SSSR count). The number of amides is 1. The number of sulfonamides is 1. The molecule has 0 aliphatic carbocycles. The highest BCUT2D eigenvalue weighted by molar-refractivity contribution is 7.89. The first-order valence-corrected chi connectivity index (χ1v) is 9.78. The fraction of sp³-hybridized carbons (Fsp3) is 0.412. The molecule has 0 spiro atoms. The highest BCUT2D eigenvalue weighted by Crippen LogP contribution is 2.24. The van der Waals surface area contributed by atoms with Gasteiger partial charge in [-0.2, -0.15) is 0 Å². The third-order valence-electron chi connectivity index (χ3n) is 4.52. The SMILES string of the molecule is CN(C)S(=O)(=O)c1cccc(C(=O)N2CCNCC2c2nccn2C)c1.Cl. The molecule has 1 atom stereocenters. The van der Waals surface area contributed by atoms with E-state index >= 15 is 0 Å². The Balaban J connectivity index is 0.00000261. The van der Waals surface area contributed by atoms with Gasteiger partial charge in [-0.25, -0.2) is 17.7 Å². The van der Waals surface area contributed by atoms with Gasteiger partial charge in [-0.3, -0.25) is 4.79 Å². The molecule has 0 bridgehead atoms. The number of aryl methyl sites for hydroxylation is 1. The van der Waals surface area contributed by atoms with Crippen molar-refractivity contribution in [2.45, 2.75) is 10.9 Å². The molecule has 2 heterocycles. The van der Waals surface area contributed by atoms with Crippen molar-refractivity contribution >= 4 is 28.3 Å². The van der Waals surface area contributed by atoms with Crippen LogP contribution >= 0.6 is 12.4 Å². The molecule has 8 nitrogen and oxygen atoms in total. The number of nitrogens with zero attached hydrogens (tertiary/aromatic N) is 4. The van der Waals surface area contributed by atoms with Crippen molar-refractivity contribution in [3.8, 4) is 0 Å². The van der Waals surface area contributed by atoms with Gasteiger partial charge in [-0.15, -0.1) is 12.4 Å². The smallest absolute Gasteiger partial charge is 0.254 e. The van der Waals surface area contributed by atoms with Gasteiger partial charge in [0.2, 0.25) is 10.0 Å². The van der Waals surface area contributed by atoms with Crippen molar-refractivity contribution in [3.05, 3.63) is 48.0 Å². The summed E-state index contributed by atoms with van der Waals surface area (Å²) >= 11 is 0. The van der Waals surface area contributed by atoms with Crippen molar-refractivity contribution in [1.29, 1.82) is 0 Å². The number of hydrogen-bond donors (Lipinski definition) is 1. The van der Waals surface area contributed by atoms with Crippen LogP contribution in [0.5, 0.6) is 0 Å². The van der Waals surface area contributed by atoms with Gasteiger partial charge in [0.15, 0.2) is 0 Å². The van der Waals surface area contributed by atoms with Crippen LogP contribution in [0, 0.1) is 0 Å². The fourth-order valence-corrected chi connectivity index (χ4v) is 3.99. The van der Waals surface area contributed by atoms with Gasteiger partial charge in [0.1, 0.15) is 11.9 Å². The number of carbonyl (C=O) groups excluding carboxylic acids is 1. The molecule has 27 heavy (non-hydrogen) atoms. The summed E-state index contributed by atoms with van der Waals surface area (Å²) < 4.78 is 27.7. The summed E-state index contributed by atoms with van der Waals surface area (Å²) in [5.41, 5.74) is 0.356. The Morgan fingerprint density at radius 3 is 2.70 bits per heavy atom. The summed E-state index contributed by atoms with van der Waals surface area (Å²) in [6, 6.07) is 5.98. The number of carbonyl (C=O) groups is 1. The molecule has 2 aromatic rings. The molecule has 1 N–H and O–H groups in total. The zero-order valence-corrected chi connectivity index (χ0v) is 17.1. The number of halogens is 1. The molecule has 0 saturated carbocycles. The lowest BCUT2D eigenvalue weighted by atomic mass is 10.1. The Morgan fingerprint density at radius 1 is 1.33 bits per heavy atom. The van der Waals surface area contributed by atoms with Crippen molar-refractivity contribution < 1.29 is 13.2 Å². The minimum Gasteiger partial charge on any atom is -0.336 e. The maximum atomic E-state index is 13.1. The quantitative estimate of drug-likeness (QED) is 0.803. The van der Waals surface area contributed by atoms with Crippen molar-refractivity contribution in [2.24, 2.45) is 7.05 Å². The van der Waals surface area contributed by atoms with Crippen LogP contribution in [0.15, 0.2) is 41.6 Å². The zero-order chi connectivity index (χ0) is 18.9. The molecule has 1 fully saturated rings. The molecule has 1 amide bonds. The van der Waals surface area contributed by atoms with Crippen molar-refractivity contribution in [3.63, 3.8) is 0 Å². The Kier molecular flexibility index (Phi) is 6.63. The van der Waals surface area contributed by atoms with Gasteiger partial charge in [0.25, 0.3) is 5.91 Å². The summed E-state index contributed by atoms with van der Waals surface area (Å²) in [5, 5.41) is 3.29. The minimum atomic E-state index is -3.59. The van der Waals surface area contributed by atoms with E-state index in [2.05, 4.69) is 10.3 Å². The van der Waals surface area contributed by atoms with Crippen LogP contribution in [0.3, 0.4) is 0 Å². The first kappa shape index (κ1) is 21.4. The normalized spacial score (nSPS) is 17.6. The third-order valence-corrected chi connectivity index (χ3v) is 6.33. The monoisotopic (exact) mass is 413 g/mol. The molecule has 1 aliphatic heterocycles. The highest BCUT2D eigenvalue weighted by Gasteiger charge is 2.31. The van der Waals surface area contributed by atoms with Gasteiger partial charge in [0, 0.05) is 58.7 Å². The molecule has 1 aromatic carbocycles. The van der Waals surface area contributed by atoms with Crippen LogP contribution < -0.4 is 5.32 Å². The Hall–Kier alpha value is -1.94. The lowest BCUT2D eigenvalue weighted by Crippen LogP contribution is -2.49. The molecule has 1 saturated heterocycles. The van der Waals surface area contributed by atoms with E-state index in [1.165, 1.54) is 26.2 Å². The zero-order valence-electron chi connectivity index (χ0n) is 15.5. The van der Waals surface area contributed by atoms with Crippen LogP contribution in [-0.2, 0) is 17.1 Å². The Morgan fingerprint density at radius 2 is 2.07 bits per heavy atom. The number of aromatic nitrogens is 2. The maximum Gasteiger partial charge on any atom is 0.254 e. The average molecular weight is 414 g/mol. The molecule has 148 valence electrons. The van der Waals surface area contributed by atoms with Crippen LogP contribution in [0.2, 0.25) is 0 Å². The Bertz CT molecular complexity index is 913. The van der Waals surface area contributed by atoms with Crippen LogP contribution in [0.25, 0.3) is 0 Å². The summed E-state index contributed by atoms with van der Waals surface area (Å²) in [6.07, 6.45) is 3.55. The number of piperazine rings is 1. The van der Waals surface area contributed by atoms with Crippen molar-refractivity contribution in [1.82, 2.24) is 24.1 Å². The number of benzene rings is 1. The van der Waals surface area contributed by atoms with Crippen LogP contribution in [-0.4, -0.2) is 66.8 Å². The summed E-state index contributed by atoms with van der Waals surface area (Å²) in [7, 11) is 1.24. The second-order valence-electron chi connectivity index (χ2n) is 6.43. The summed E-state index contributed by atoms with van der Waals surface area (Å²) in [4.78, 5) is 19.3. The van der Waals surface area contributed by atoms with E-state index < -0.39 is 10.0 Å². The molecule has 1 unspecified atom stereocenters. The summed E-state index contributed by atoms with van der Waals surface area (Å²) in [5.74, 6) is 0.595. The number of rotatable bonds is 4. The third kappa shape index (κ3) is 4.16. The van der Waals surface area contributed by atoms with Crippen molar-refractivity contribution in [2.75, 3.05) is 33.7 Å². The van der Waals surface area contributed by atoms with Gasteiger partial charge < -0.3 is 14.8 Å². The number of nitrogens with one attached hydrogen (secondary N) is 1. The summed E-state index contributed by atoms with van der Waals surface area (Å²) in [6.45, 7) is 1.82. The molecule has 1 aromatic heterocycles. The lowest BCUT2D eigenvalue weighted by molar-refractivity contribution is 0.0620. The fourth-order valence-electron chi connectivity index (χ4n) is 3.04. The molecule has 0 radical (unpaired) electrons. The van der Waals surface area contributed by atoms with E-state index in [1.54, 1.807) is 23.2 Å². The van der Waals surface area contributed by atoms with Gasteiger partial charge in [-0.05, 0) is 18.2 Å². The largest absolute Gasteiger partial charge is 0.336 e. The van der Waals surface area contributed by atoms with E-state index in [0.717, 1.165) is 10.1 Å². The maximum absolute atomic E-state index is 13.1. The predicted octanol–water partition coefficient (Wildman–Crippen LogP) is 0.879. The van der Waals surface area contributed by atoms with Crippen LogP contribution in [0.4, 0.5) is 0 Å². The predicted molar refractivity (Wildman–Crippen MR) is 104 cm³/mol. The van der Waals surface area contributed by atoms with E-state index in [-0.39, 0.29) is 29.3 Å². The second kappa shape index (κ2) is 8.39. The minimum absolute atomic E-state index is 0. The van der Waals surface area contributed by atoms with E-state index in [1.807, 2.05) is 17.8 Å². The van der Waals surface area contributed by atoms with E-state index in [0.29, 0.717) is 25.2 Å². The standard InChI is InChI=1S/C17H23N5O3S.ClH/c1-20(2)26(24,25)14-6-4-5-13(11-14)17(23)22-10-7-18-12-15(22)16-19-8-9-21(16)3;/h4-6,8-9,11,15,18H,7,10,12H2,1-3H3;1H. The molecule has 10 heteroatoms. The average Bonchev–Trinajstić information content (AvgIpc) is 3.07. The molecular weight excluding hydrogens is 390 g/mol. The highest BCUT2D eigenvalue weighted by atomic mass is 35.5. The van der Waals surface area contributed by atoms with Gasteiger partial charge in [0.05, 0.1) is 4.90 Å². The first-order chi connectivity index (χ1) is 12.3. The number of imidazole rings is 1. The molecular formula is C17H24ClN5O3S. The van der Waals surface area contributed by atoms with E-state index in [9.17, 15) is 13.2 Å². The lowest BCUT2D eigenvalue weighted by Gasteiger charge is -2.35.